The summed E-state index contributed by atoms with van der Waals surface area (Å²) in [5.41, 5.74) is 3.63. The number of aromatic amines is 1. The number of hydrogen-bond acceptors (Lipinski definition) is 1. The Bertz CT molecular complexity index is 771. The van der Waals surface area contributed by atoms with Crippen molar-refractivity contribution in [3.63, 3.8) is 0 Å². The smallest absolute Gasteiger partial charge is 0.195 e. The number of ketones is 1. The lowest BCUT2D eigenvalue weighted by Crippen LogP contribution is -2.00. The fourth-order valence-electron chi connectivity index (χ4n) is 2.37. The van der Waals surface area contributed by atoms with Crippen molar-refractivity contribution in [2.24, 2.45) is 0 Å². The van der Waals surface area contributed by atoms with Gasteiger partial charge in [0.25, 0.3) is 0 Å². The van der Waals surface area contributed by atoms with Crippen molar-refractivity contribution < 1.29 is 4.79 Å². The van der Waals surface area contributed by atoms with Gasteiger partial charge in [-0.05, 0) is 24.1 Å². The van der Waals surface area contributed by atoms with Crippen LogP contribution in [0.5, 0.6) is 0 Å². The van der Waals surface area contributed by atoms with Crippen LogP contribution in [0.4, 0.5) is 0 Å². The molecule has 2 nitrogen and oxygen atoms in total. The predicted molar refractivity (Wildman–Crippen MR) is 85.3 cm³/mol. The zero-order valence-corrected chi connectivity index (χ0v) is 12.7. The third-order valence-corrected chi connectivity index (χ3v) is 4.18. The van der Waals surface area contributed by atoms with E-state index in [1.807, 2.05) is 42.5 Å². The molecule has 0 saturated heterocycles. The zero-order chi connectivity index (χ0) is 14.1. The molecule has 100 valence electrons. The van der Waals surface area contributed by atoms with Gasteiger partial charge in [0.1, 0.15) is 0 Å². The fraction of sp³-hybridized carbons (Fsp3) is 0.118. The lowest BCUT2D eigenvalue weighted by molar-refractivity contribution is 0.104. The number of halogens is 1. The van der Waals surface area contributed by atoms with Gasteiger partial charge >= 0.3 is 0 Å². The molecule has 3 heteroatoms. The third kappa shape index (κ3) is 2.18. The van der Waals surface area contributed by atoms with Crippen LogP contribution in [0.25, 0.3) is 10.9 Å². The van der Waals surface area contributed by atoms with E-state index >= 15 is 0 Å². The highest BCUT2D eigenvalue weighted by atomic mass is 79.9. The minimum Gasteiger partial charge on any atom is -0.360 e. The van der Waals surface area contributed by atoms with E-state index in [9.17, 15) is 4.79 Å². The van der Waals surface area contributed by atoms with E-state index in [0.717, 1.165) is 27.4 Å². The summed E-state index contributed by atoms with van der Waals surface area (Å²) in [7, 11) is 0. The van der Waals surface area contributed by atoms with Crippen LogP contribution >= 0.6 is 15.9 Å². The van der Waals surface area contributed by atoms with Crippen molar-refractivity contribution in [3.05, 3.63) is 69.8 Å². The van der Waals surface area contributed by atoms with E-state index in [-0.39, 0.29) is 5.78 Å². The Hall–Kier alpha value is -1.87. The van der Waals surface area contributed by atoms with E-state index in [0.29, 0.717) is 5.56 Å². The first kappa shape index (κ1) is 13.1. The molecule has 0 aliphatic rings. The van der Waals surface area contributed by atoms with Crippen LogP contribution < -0.4 is 0 Å². The zero-order valence-electron chi connectivity index (χ0n) is 11.1. The molecule has 2 aromatic carbocycles. The molecule has 0 amide bonds. The van der Waals surface area contributed by atoms with Gasteiger partial charge in [-0.1, -0.05) is 53.2 Å². The van der Waals surface area contributed by atoms with Gasteiger partial charge in [-0.3, -0.25) is 4.79 Å². The molecule has 0 saturated carbocycles. The number of nitrogens with one attached hydrogen (secondary N) is 1. The lowest BCUT2D eigenvalue weighted by Gasteiger charge is -2.02. The molecule has 0 aliphatic heterocycles. The van der Waals surface area contributed by atoms with Gasteiger partial charge in [-0.2, -0.15) is 0 Å². The number of carbonyl (C=O) groups is 1. The summed E-state index contributed by atoms with van der Waals surface area (Å²) in [6.45, 7) is 2.10. The largest absolute Gasteiger partial charge is 0.360 e. The molecule has 0 bridgehead atoms. The minimum atomic E-state index is 0.0470. The SMILES string of the molecule is CCc1ccc(C(=O)c2c[nH]c3cccc(Br)c23)cc1. The lowest BCUT2D eigenvalue weighted by atomic mass is 10.0. The molecular formula is C17H14BrNO. The second kappa shape index (κ2) is 5.25. The van der Waals surface area contributed by atoms with Crippen LogP contribution in [0, 0.1) is 0 Å². The molecule has 1 aromatic heterocycles. The second-order valence-electron chi connectivity index (χ2n) is 4.74. The van der Waals surface area contributed by atoms with Crippen molar-refractivity contribution in [3.8, 4) is 0 Å². The maximum absolute atomic E-state index is 12.6. The molecule has 1 heterocycles. The van der Waals surface area contributed by atoms with Gasteiger partial charge in [0.2, 0.25) is 0 Å². The van der Waals surface area contributed by atoms with Crippen molar-refractivity contribution >= 4 is 32.6 Å². The number of aromatic nitrogens is 1. The number of hydrogen-bond donors (Lipinski definition) is 1. The van der Waals surface area contributed by atoms with Crippen molar-refractivity contribution in [1.29, 1.82) is 0 Å². The molecule has 1 N–H and O–H groups in total. The number of benzene rings is 2. The first-order chi connectivity index (χ1) is 9.70. The summed E-state index contributed by atoms with van der Waals surface area (Å²) in [5, 5.41) is 0.942. The van der Waals surface area contributed by atoms with Crippen LogP contribution in [0.3, 0.4) is 0 Å². The van der Waals surface area contributed by atoms with E-state index in [1.165, 1.54) is 5.56 Å². The van der Waals surface area contributed by atoms with E-state index in [2.05, 4.69) is 27.8 Å². The molecule has 0 aliphatic carbocycles. The number of H-pyrrole nitrogens is 1. The van der Waals surface area contributed by atoms with Crippen LogP contribution in [-0.4, -0.2) is 10.8 Å². The average molecular weight is 328 g/mol. The average Bonchev–Trinajstić information content (AvgIpc) is 2.92. The number of carbonyl (C=O) groups excluding carboxylic acids is 1. The highest BCUT2D eigenvalue weighted by molar-refractivity contribution is 9.10. The molecule has 0 fully saturated rings. The van der Waals surface area contributed by atoms with E-state index < -0.39 is 0 Å². The molecule has 0 radical (unpaired) electrons. The highest BCUT2D eigenvalue weighted by Crippen LogP contribution is 2.28. The fourth-order valence-corrected chi connectivity index (χ4v) is 2.95. The molecular weight excluding hydrogens is 314 g/mol. The van der Waals surface area contributed by atoms with Gasteiger partial charge < -0.3 is 4.98 Å². The number of fused-ring (bicyclic) bond motifs is 1. The monoisotopic (exact) mass is 327 g/mol. The molecule has 0 atom stereocenters. The molecule has 0 unspecified atom stereocenters. The predicted octanol–water partition coefficient (Wildman–Crippen LogP) is 4.72. The van der Waals surface area contributed by atoms with Gasteiger partial charge in [-0.15, -0.1) is 0 Å². The first-order valence-electron chi connectivity index (χ1n) is 6.60. The second-order valence-corrected chi connectivity index (χ2v) is 5.60. The normalized spacial score (nSPS) is 10.9. The maximum atomic E-state index is 12.6. The first-order valence-corrected chi connectivity index (χ1v) is 7.39. The van der Waals surface area contributed by atoms with Gasteiger partial charge in [0.15, 0.2) is 5.78 Å². The van der Waals surface area contributed by atoms with Crippen LogP contribution in [0.2, 0.25) is 0 Å². The summed E-state index contributed by atoms with van der Waals surface area (Å²) in [4.78, 5) is 15.8. The summed E-state index contributed by atoms with van der Waals surface area (Å²) in [5.74, 6) is 0.0470. The van der Waals surface area contributed by atoms with Gasteiger partial charge in [0.05, 0.1) is 0 Å². The molecule has 3 rings (SSSR count). The quantitative estimate of drug-likeness (QED) is 0.693. The van der Waals surface area contributed by atoms with Crippen LogP contribution in [0.15, 0.2) is 53.1 Å². The Morgan fingerprint density at radius 3 is 2.60 bits per heavy atom. The van der Waals surface area contributed by atoms with Crippen LogP contribution in [0.1, 0.15) is 28.4 Å². The van der Waals surface area contributed by atoms with Crippen LogP contribution in [-0.2, 0) is 6.42 Å². The van der Waals surface area contributed by atoms with Crippen molar-refractivity contribution in [2.45, 2.75) is 13.3 Å². The van der Waals surface area contributed by atoms with Gasteiger partial charge in [0, 0.05) is 32.7 Å². The summed E-state index contributed by atoms with van der Waals surface area (Å²) >= 11 is 3.52. The van der Waals surface area contributed by atoms with E-state index in [4.69, 9.17) is 0 Å². The standard InChI is InChI=1S/C17H14BrNO/c1-2-11-6-8-12(9-7-11)17(20)13-10-19-15-5-3-4-14(18)16(13)15/h3-10,19H,2H2,1H3. The number of rotatable bonds is 3. The summed E-state index contributed by atoms with van der Waals surface area (Å²) in [6, 6.07) is 13.7. The molecule has 20 heavy (non-hydrogen) atoms. The van der Waals surface area contributed by atoms with Crippen molar-refractivity contribution in [1.82, 2.24) is 4.98 Å². The van der Waals surface area contributed by atoms with Crippen molar-refractivity contribution in [2.75, 3.05) is 0 Å². The minimum absolute atomic E-state index is 0.0470. The molecule has 0 spiro atoms. The highest BCUT2D eigenvalue weighted by Gasteiger charge is 2.15. The summed E-state index contributed by atoms with van der Waals surface area (Å²) in [6.07, 6.45) is 2.76. The Kier molecular flexibility index (Phi) is 3.45. The summed E-state index contributed by atoms with van der Waals surface area (Å²) < 4.78 is 0.935. The topological polar surface area (TPSA) is 32.9 Å². The van der Waals surface area contributed by atoms with Gasteiger partial charge in [-0.25, -0.2) is 0 Å². The Morgan fingerprint density at radius 2 is 1.90 bits per heavy atom. The van der Waals surface area contributed by atoms with E-state index in [1.54, 1.807) is 6.20 Å². The number of aryl methyl sites for hydroxylation is 1. The third-order valence-electron chi connectivity index (χ3n) is 3.52. The maximum Gasteiger partial charge on any atom is 0.195 e. The molecule has 3 aromatic rings. The Balaban J connectivity index is 2.08. The Labute approximate surface area is 126 Å². The Morgan fingerprint density at radius 1 is 1.15 bits per heavy atom.